The van der Waals surface area contributed by atoms with E-state index in [0.29, 0.717) is 68.9 Å². The van der Waals surface area contributed by atoms with E-state index >= 15 is 0 Å². The molecular weight excluding hydrogens is 600 g/mol. The molecule has 2 aromatic carbocycles. The predicted molar refractivity (Wildman–Crippen MR) is 163 cm³/mol. The van der Waals surface area contributed by atoms with Crippen molar-refractivity contribution in [2.24, 2.45) is 7.05 Å². The van der Waals surface area contributed by atoms with E-state index in [9.17, 15) is 28.3 Å². The van der Waals surface area contributed by atoms with Gasteiger partial charge in [0, 0.05) is 63.1 Å². The van der Waals surface area contributed by atoms with Gasteiger partial charge in [-0.25, -0.2) is 9.37 Å². The number of halogens is 2. The lowest BCUT2D eigenvalue weighted by Gasteiger charge is -2.41. The fourth-order valence-corrected chi connectivity index (χ4v) is 5.77. The van der Waals surface area contributed by atoms with Crippen LogP contribution >= 0.6 is 0 Å². The Morgan fingerprint density at radius 3 is 2.35 bits per heavy atom. The van der Waals surface area contributed by atoms with E-state index in [4.69, 9.17) is 10.00 Å². The summed E-state index contributed by atoms with van der Waals surface area (Å²) in [6.45, 7) is 3.93. The molecule has 1 aromatic heterocycles. The van der Waals surface area contributed by atoms with Crippen LogP contribution in [-0.4, -0.2) is 106 Å². The lowest BCUT2D eigenvalue weighted by Crippen LogP contribution is -2.59. The molecule has 0 aliphatic carbocycles. The molecule has 2 aliphatic heterocycles. The van der Waals surface area contributed by atoms with Crippen LogP contribution in [-0.2, 0) is 11.8 Å². The molecule has 0 saturated carbocycles. The number of hydrogen-bond acceptors (Lipinski definition) is 8. The fourth-order valence-electron chi connectivity index (χ4n) is 5.77. The molecule has 12 nitrogen and oxygen atoms in total. The molecule has 242 valence electrons. The number of rotatable bonds is 7. The number of carbonyl (C=O) groups excluding carboxylic acids is 3. The summed E-state index contributed by atoms with van der Waals surface area (Å²) >= 11 is 0. The monoisotopic (exact) mass is 635 g/mol. The number of amides is 3. The van der Waals surface area contributed by atoms with Gasteiger partial charge in [-0.3, -0.25) is 14.4 Å². The number of anilines is 1. The van der Waals surface area contributed by atoms with Crippen LogP contribution in [0.4, 0.5) is 14.5 Å². The van der Waals surface area contributed by atoms with Crippen molar-refractivity contribution < 1.29 is 33.0 Å². The van der Waals surface area contributed by atoms with Crippen LogP contribution in [0.25, 0.3) is 11.3 Å². The largest absolute Gasteiger partial charge is 0.476 e. The third-order valence-corrected chi connectivity index (χ3v) is 8.59. The first-order chi connectivity index (χ1) is 21.9. The van der Waals surface area contributed by atoms with Crippen molar-refractivity contribution in [2.45, 2.75) is 25.4 Å². The Morgan fingerprint density at radius 1 is 1.02 bits per heavy atom. The number of nitrogens with one attached hydrogen (secondary N) is 1. The van der Waals surface area contributed by atoms with Crippen LogP contribution in [0.15, 0.2) is 36.5 Å². The van der Waals surface area contributed by atoms with Crippen LogP contribution in [0.5, 0.6) is 5.75 Å². The van der Waals surface area contributed by atoms with Crippen LogP contribution in [0.1, 0.15) is 39.4 Å². The van der Waals surface area contributed by atoms with Crippen molar-refractivity contribution in [1.29, 1.82) is 5.26 Å². The molecule has 14 heteroatoms. The van der Waals surface area contributed by atoms with Crippen molar-refractivity contribution >= 4 is 23.4 Å². The third-order valence-electron chi connectivity index (χ3n) is 8.59. The van der Waals surface area contributed by atoms with E-state index in [1.807, 2.05) is 7.05 Å². The first kappa shape index (κ1) is 32.5. The number of carbonyl (C=O) groups is 3. The van der Waals surface area contributed by atoms with Crippen molar-refractivity contribution in [3.05, 3.63) is 65.1 Å². The Bertz CT molecular complexity index is 1700. The fraction of sp³-hybridized carbons (Fsp3) is 0.406. The van der Waals surface area contributed by atoms with Gasteiger partial charge in [-0.15, -0.1) is 0 Å². The summed E-state index contributed by atoms with van der Waals surface area (Å²) in [7, 11) is 3.45. The smallest absolute Gasteiger partial charge is 0.291 e. The molecule has 0 spiro atoms. The predicted octanol–water partition coefficient (Wildman–Crippen LogP) is 2.57. The second-order valence-corrected chi connectivity index (χ2v) is 11.6. The highest BCUT2D eigenvalue weighted by Gasteiger charge is 2.42. The van der Waals surface area contributed by atoms with Crippen molar-refractivity contribution in [3.63, 3.8) is 0 Å². The van der Waals surface area contributed by atoms with Gasteiger partial charge in [0.25, 0.3) is 17.7 Å². The van der Waals surface area contributed by atoms with Gasteiger partial charge in [0.2, 0.25) is 5.82 Å². The minimum absolute atomic E-state index is 0.0604. The standard InChI is InChI=1S/C32H35F2N7O5/c1-20-18-21(37-29(42)28-36-19-24(39(28)3)23-6-7-25(46-17-10-35)27(34)26(23)33)4-5-22(20)30(43)40-13-15-41(16-14-40)31(44)32(45)8-11-38(2)12-9-32/h4-7,18-19,45H,8-9,11-17H2,1-3H3,(H,37,42). The molecule has 46 heavy (non-hydrogen) atoms. The van der Waals surface area contributed by atoms with E-state index in [0.717, 1.165) is 0 Å². The van der Waals surface area contributed by atoms with Gasteiger partial charge in [0.1, 0.15) is 11.7 Å². The maximum Gasteiger partial charge on any atom is 0.291 e. The summed E-state index contributed by atoms with van der Waals surface area (Å²) in [5.41, 5.74) is 0.122. The number of benzene rings is 2. The minimum atomic E-state index is -1.36. The minimum Gasteiger partial charge on any atom is -0.476 e. The van der Waals surface area contributed by atoms with E-state index in [1.54, 1.807) is 41.0 Å². The normalized spacial score (nSPS) is 16.5. The molecule has 2 fully saturated rings. The van der Waals surface area contributed by atoms with Crippen LogP contribution < -0.4 is 10.1 Å². The van der Waals surface area contributed by atoms with Gasteiger partial charge in [0.15, 0.2) is 24.0 Å². The lowest BCUT2D eigenvalue weighted by atomic mass is 9.90. The van der Waals surface area contributed by atoms with Gasteiger partial charge in [-0.2, -0.15) is 9.65 Å². The highest BCUT2D eigenvalue weighted by Crippen LogP contribution is 2.30. The van der Waals surface area contributed by atoms with Gasteiger partial charge < -0.3 is 34.4 Å². The maximum absolute atomic E-state index is 14.8. The zero-order valence-electron chi connectivity index (χ0n) is 25.8. The number of nitrogens with zero attached hydrogens (tertiary/aromatic N) is 6. The Hall–Kier alpha value is -4.87. The molecule has 0 atom stereocenters. The number of piperazine rings is 1. The molecule has 3 amide bonds. The Labute approximate surface area is 264 Å². The first-order valence-electron chi connectivity index (χ1n) is 14.8. The number of aryl methyl sites for hydroxylation is 1. The van der Waals surface area contributed by atoms with Crippen LogP contribution in [0.2, 0.25) is 0 Å². The summed E-state index contributed by atoms with van der Waals surface area (Å²) in [5, 5.41) is 22.3. The Kier molecular flexibility index (Phi) is 9.36. The molecule has 2 saturated heterocycles. The average Bonchev–Trinajstić information content (AvgIpc) is 3.43. The van der Waals surface area contributed by atoms with Gasteiger partial charge >= 0.3 is 0 Å². The second-order valence-electron chi connectivity index (χ2n) is 11.6. The number of likely N-dealkylation sites (tertiary alicyclic amines) is 1. The number of hydrogen-bond donors (Lipinski definition) is 2. The summed E-state index contributed by atoms with van der Waals surface area (Å²) < 4.78 is 35.5. The van der Waals surface area contributed by atoms with Crippen molar-refractivity contribution in [2.75, 3.05) is 58.2 Å². The number of piperidine rings is 1. The highest BCUT2D eigenvalue weighted by atomic mass is 19.2. The zero-order chi connectivity index (χ0) is 33.2. The van der Waals surface area contributed by atoms with E-state index in [2.05, 4.69) is 15.2 Å². The number of ether oxygens (including phenoxy) is 1. The molecule has 3 aromatic rings. The Morgan fingerprint density at radius 2 is 1.70 bits per heavy atom. The van der Waals surface area contributed by atoms with Gasteiger partial charge in [0.05, 0.1) is 11.9 Å². The molecule has 3 heterocycles. The maximum atomic E-state index is 14.8. The number of aliphatic hydroxyl groups is 1. The molecule has 2 aliphatic rings. The lowest BCUT2D eigenvalue weighted by molar-refractivity contribution is -0.157. The average molecular weight is 636 g/mol. The highest BCUT2D eigenvalue weighted by molar-refractivity contribution is 6.03. The number of aromatic nitrogens is 2. The third kappa shape index (κ3) is 6.42. The second kappa shape index (κ2) is 13.2. The van der Waals surface area contributed by atoms with Crippen LogP contribution in [0, 0.1) is 29.9 Å². The van der Waals surface area contributed by atoms with Gasteiger partial charge in [-0.1, -0.05) is 0 Å². The summed E-state index contributed by atoms with van der Waals surface area (Å²) in [6, 6.07) is 9.02. The zero-order valence-corrected chi connectivity index (χ0v) is 25.8. The Balaban J connectivity index is 1.21. The van der Waals surface area contributed by atoms with Crippen LogP contribution in [0.3, 0.4) is 0 Å². The SMILES string of the molecule is Cc1cc(NC(=O)c2ncc(-c3ccc(OCC#N)c(F)c3F)n2C)ccc1C(=O)N1CCN(C(=O)C2(O)CCN(C)CC2)CC1. The molecule has 0 radical (unpaired) electrons. The molecule has 0 bridgehead atoms. The summed E-state index contributed by atoms with van der Waals surface area (Å²) in [4.78, 5) is 49.0. The van der Waals surface area contributed by atoms with Gasteiger partial charge in [-0.05, 0) is 62.7 Å². The molecule has 5 rings (SSSR count). The quantitative estimate of drug-likeness (QED) is 0.403. The van der Waals surface area contributed by atoms with Crippen molar-refractivity contribution in [1.82, 2.24) is 24.3 Å². The number of imidazole rings is 1. The molecule has 2 N–H and O–H groups in total. The first-order valence-corrected chi connectivity index (χ1v) is 14.8. The molecule has 0 unspecified atom stereocenters. The topological polar surface area (TPSA) is 144 Å². The summed E-state index contributed by atoms with van der Waals surface area (Å²) in [5.74, 6) is -4.01. The van der Waals surface area contributed by atoms with E-state index < -0.39 is 35.5 Å². The summed E-state index contributed by atoms with van der Waals surface area (Å²) in [6.07, 6.45) is 2.02. The van der Waals surface area contributed by atoms with E-state index in [-0.39, 0.29) is 28.9 Å². The number of nitriles is 1. The van der Waals surface area contributed by atoms with E-state index in [1.165, 1.54) is 29.9 Å². The molecular formula is C32H35F2N7O5. The van der Waals surface area contributed by atoms with Crippen molar-refractivity contribution in [3.8, 4) is 23.1 Å².